The molecular weight excluding hydrogens is 273 g/mol. The summed E-state index contributed by atoms with van der Waals surface area (Å²) in [4.78, 5) is 3.93. The van der Waals surface area contributed by atoms with Crippen molar-refractivity contribution in [1.82, 2.24) is 4.98 Å². The number of ether oxygens (including phenoxy) is 1. The maximum absolute atomic E-state index is 13.2. The van der Waals surface area contributed by atoms with Crippen molar-refractivity contribution in [3.63, 3.8) is 0 Å². The lowest BCUT2D eigenvalue weighted by molar-refractivity contribution is 0.303. The van der Waals surface area contributed by atoms with Crippen LogP contribution in [0.15, 0.2) is 47.2 Å². The molecule has 4 heteroatoms. The lowest BCUT2D eigenvalue weighted by Gasteiger charge is -2.07. The molecule has 0 saturated carbocycles. The Morgan fingerprint density at radius 3 is 2.88 bits per heavy atom. The van der Waals surface area contributed by atoms with Crippen LogP contribution in [0.5, 0.6) is 5.75 Å². The summed E-state index contributed by atoms with van der Waals surface area (Å²) >= 11 is 3.18. The van der Waals surface area contributed by atoms with E-state index in [9.17, 15) is 4.39 Å². The van der Waals surface area contributed by atoms with Crippen molar-refractivity contribution in [1.29, 1.82) is 0 Å². The van der Waals surface area contributed by atoms with E-state index in [1.54, 1.807) is 30.6 Å². The van der Waals surface area contributed by atoms with E-state index >= 15 is 0 Å². The Morgan fingerprint density at radius 2 is 2.12 bits per heavy atom. The number of halogens is 2. The van der Waals surface area contributed by atoms with Crippen molar-refractivity contribution in [2.45, 2.75) is 6.61 Å². The van der Waals surface area contributed by atoms with Crippen LogP contribution in [0.2, 0.25) is 0 Å². The molecule has 82 valence electrons. The molecular formula is C12H9BrFNO. The summed E-state index contributed by atoms with van der Waals surface area (Å²) in [5, 5.41) is 0. The van der Waals surface area contributed by atoms with Gasteiger partial charge in [0, 0.05) is 11.8 Å². The second-order valence-electron chi connectivity index (χ2n) is 3.19. The predicted molar refractivity (Wildman–Crippen MR) is 62.7 cm³/mol. The van der Waals surface area contributed by atoms with Crippen LogP contribution in [0.4, 0.5) is 4.39 Å². The molecule has 0 aliphatic heterocycles. The van der Waals surface area contributed by atoms with Gasteiger partial charge in [0.25, 0.3) is 0 Å². The number of aromatic nitrogens is 1. The van der Waals surface area contributed by atoms with Crippen LogP contribution in [0.25, 0.3) is 0 Å². The van der Waals surface area contributed by atoms with Crippen molar-refractivity contribution < 1.29 is 9.13 Å². The van der Waals surface area contributed by atoms with Crippen LogP contribution in [-0.2, 0) is 6.61 Å². The summed E-state index contributed by atoms with van der Waals surface area (Å²) in [6, 6.07) is 8.46. The molecule has 2 aromatic rings. The molecule has 16 heavy (non-hydrogen) atoms. The second kappa shape index (κ2) is 5.07. The zero-order chi connectivity index (χ0) is 11.4. The van der Waals surface area contributed by atoms with E-state index in [1.165, 1.54) is 6.07 Å². The molecule has 1 aromatic heterocycles. The highest BCUT2D eigenvalue weighted by atomic mass is 79.9. The molecule has 0 bridgehead atoms. The minimum atomic E-state index is -0.285. The number of nitrogens with zero attached hydrogens (tertiary/aromatic N) is 1. The first-order chi connectivity index (χ1) is 7.77. The quantitative estimate of drug-likeness (QED) is 0.858. The van der Waals surface area contributed by atoms with Crippen molar-refractivity contribution in [3.05, 3.63) is 58.6 Å². The second-order valence-corrected chi connectivity index (χ2v) is 3.98. The summed E-state index contributed by atoms with van der Waals surface area (Å²) in [6.07, 6.45) is 3.29. The molecule has 0 saturated heterocycles. The molecule has 0 atom stereocenters. The minimum Gasteiger partial charge on any atom is -0.487 e. The number of rotatable bonds is 3. The van der Waals surface area contributed by atoms with Gasteiger partial charge in [-0.15, -0.1) is 0 Å². The zero-order valence-corrected chi connectivity index (χ0v) is 9.95. The average molecular weight is 282 g/mol. The average Bonchev–Trinajstić information content (AvgIpc) is 2.32. The smallest absolute Gasteiger partial charge is 0.138 e. The van der Waals surface area contributed by atoms with Gasteiger partial charge in [-0.05, 0) is 34.1 Å². The van der Waals surface area contributed by atoms with E-state index < -0.39 is 0 Å². The summed E-state index contributed by atoms with van der Waals surface area (Å²) in [6.45, 7) is 0.310. The molecule has 0 fully saturated rings. The van der Waals surface area contributed by atoms with E-state index in [2.05, 4.69) is 20.9 Å². The number of pyridine rings is 1. The largest absolute Gasteiger partial charge is 0.487 e. The fourth-order valence-corrected chi connectivity index (χ4v) is 1.63. The Hall–Kier alpha value is -1.42. The van der Waals surface area contributed by atoms with Crippen molar-refractivity contribution in [3.8, 4) is 5.75 Å². The van der Waals surface area contributed by atoms with Gasteiger partial charge < -0.3 is 4.74 Å². The maximum atomic E-state index is 13.2. The van der Waals surface area contributed by atoms with Crippen LogP contribution >= 0.6 is 15.9 Å². The zero-order valence-electron chi connectivity index (χ0n) is 8.36. The van der Waals surface area contributed by atoms with Gasteiger partial charge in [-0.25, -0.2) is 4.39 Å². The molecule has 2 nitrogen and oxygen atoms in total. The highest BCUT2D eigenvalue weighted by Gasteiger charge is 2.05. The van der Waals surface area contributed by atoms with Gasteiger partial charge in [-0.1, -0.05) is 12.1 Å². The van der Waals surface area contributed by atoms with Gasteiger partial charge in [0.15, 0.2) is 0 Å². The maximum Gasteiger partial charge on any atom is 0.138 e. The van der Waals surface area contributed by atoms with Gasteiger partial charge in [-0.2, -0.15) is 0 Å². The molecule has 0 spiro atoms. The van der Waals surface area contributed by atoms with Crippen LogP contribution in [0.3, 0.4) is 0 Å². The molecule has 1 aromatic carbocycles. The number of benzene rings is 1. The Kier molecular flexibility index (Phi) is 3.51. The highest BCUT2D eigenvalue weighted by Crippen LogP contribution is 2.21. The molecule has 0 radical (unpaired) electrons. The summed E-state index contributed by atoms with van der Waals surface area (Å²) < 4.78 is 19.1. The van der Waals surface area contributed by atoms with E-state index in [1.807, 2.05) is 6.07 Å². The first-order valence-corrected chi connectivity index (χ1v) is 5.52. The Labute approximate surface area is 101 Å². The first kappa shape index (κ1) is 11.1. The van der Waals surface area contributed by atoms with Gasteiger partial charge in [0.05, 0.1) is 10.7 Å². The summed E-state index contributed by atoms with van der Waals surface area (Å²) in [5.41, 5.74) is 0.767. The van der Waals surface area contributed by atoms with E-state index in [0.717, 1.165) is 5.56 Å². The number of hydrogen-bond acceptors (Lipinski definition) is 2. The van der Waals surface area contributed by atoms with E-state index in [-0.39, 0.29) is 5.82 Å². The summed E-state index contributed by atoms with van der Waals surface area (Å²) in [5.74, 6) is 0.381. The summed E-state index contributed by atoms with van der Waals surface area (Å²) in [7, 11) is 0. The Bertz CT molecular complexity index is 476. The third-order valence-electron chi connectivity index (χ3n) is 2.06. The molecule has 0 aliphatic carbocycles. The molecule has 1 heterocycles. The normalized spacial score (nSPS) is 10.1. The minimum absolute atomic E-state index is 0.285. The van der Waals surface area contributed by atoms with Gasteiger partial charge in [-0.3, -0.25) is 4.98 Å². The standard InChI is InChI=1S/C12H9BrFNO/c13-12-9(3-1-5-11(12)14)8-16-10-4-2-6-15-7-10/h1-7H,8H2. The van der Waals surface area contributed by atoms with Crippen LogP contribution in [0, 0.1) is 5.82 Å². The number of hydrogen-bond donors (Lipinski definition) is 0. The lowest BCUT2D eigenvalue weighted by Crippen LogP contribution is -1.97. The fourth-order valence-electron chi connectivity index (χ4n) is 1.25. The monoisotopic (exact) mass is 281 g/mol. The Balaban J connectivity index is 2.08. The predicted octanol–water partition coefficient (Wildman–Crippen LogP) is 3.56. The third kappa shape index (κ3) is 2.58. The van der Waals surface area contributed by atoms with Crippen molar-refractivity contribution in [2.75, 3.05) is 0 Å². The van der Waals surface area contributed by atoms with Crippen LogP contribution < -0.4 is 4.74 Å². The fraction of sp³-hybridized carbons (Fsp3) is 0.0833. The molecule has 0 amide bonds. The van der Waals surface area contributed by atoms with Crippen molar-refractivity contribution in [2.24, 2.45) is 0 Å². The molecule has 0 N–H and O–H groups in total. The molecule has 0 aliphatic rings. The van der Waals surface area contributed by atoms with E-state index in [4.69, 9.17) is 4.74 Å². The highest BCUT2D eigenvalue weighted by molar-refractivity contribution is 9.10. The van der Waals surface area contributed by atoms with Crippen LogP contribution in [-0.4, -0.2) is 4.98 Å². The topological polar surface area (TPSA) is 22.1 Å². The van der Waals surface area contributed by atoms with Crippen LogP contribution in [0.1, 0.15) is 5.56 Å². The first-order valence-electron chi connectivity index (χ1n) is 4.73. The lowest BCUT2D eigenvalue weighted by atomic mass is 10.2. The molecule has 2 rings (SSSR count). The SMILES string of the molecule is Fc1cccc(COc2cccnc2)c1Br. The molecule has 0 unspecified atom stereocenters. The Morgan fingerprint density at radius 1 is 1.25 bits per heavy atom. The van der Waals surface area contributed by atoms with E-state index in [0.29, 0.717) is 16.8 Å². The van der Waals surface area contributed by atoms with Gasteiger partial charge in [0.2, 0.25) is 0 Å². The van der Waals surface area contributed by atoms with Gasteiger partial charge >= 0.3 is 0 Å². The van der Waals surface area contributed by atoms with Gasteiger partial charge in [0.1, 0.15) is 18.2 Å². The third-order valence-corrected chi connectivity index (χ3v) is 2.95. The van der Waals surface area contributed by atoms with Crippen molar-refractivity contribution >= 4 is 15.9 Å².